The molecule has 0 bridgehead atoms. The summed E-state index contributed by atoms with van der Waals surface area (Å²) in [5.41, 5.74) is 6.44. The van der Waals surface area contributed by atoms with Gasteiger partial charge in [-0.25, -0.2) is 4.79 Å². The smallest absolute Gasteiger partial charge is 0.352 e. The lowest BCUT2D eigenvalue weighted by molar-refractivity contribution is -0.689. The summed E-state index contributed by atoms with van der Waals surface area (Å²) in [6.07, 6.45) is 3.52. The van der Waals surface area contributed by atoms with E-state index < -0.39 is 12.0 Å². The van der Waals surface area contributed by atoms with Crippen molar-refractivity contribution in [1.29, 1.82) is 0 Å². The van der Waals surface area contributed by atoms with Crippen LogP contribution in [0.1, 0.15) is 0 Å². The molecule has 0 aliphatic carbocycles. The molecule has 1 saturated heterocycles. The summed E-state index contributed by atoms with van der Waals surface area (Å²) in [7, 11) is 0. The van der Waals surface area contributed by atoms with Crippen molar-refractivity contribution in [2.45, 2.75) is 18.0 Å². The minimum absolute atomic E-state index is 0.0536. The minimum atomic E-state index is -1.10. The average Bonchev–Trinajstić information content (AvgIpc) is 2.45. The first kappa shape index (κ1) is 14.4. The Morgan fingerprint density at radius 2 is 2.38 bits per heavy atom. The number of carbonyl (C=O) groups is 2. The molecule has 3 N–H and O–H groups in total. The van der Waals surface area contributed by atoms with Crippen LogP contribution in [0.2, 0.25) is 5.02 Å². The summed E-state index contributed by atoms with van der Waals surface area (Å²) < 4.78 is 1.80. The van der Waals surface area contributed by atoms with Crippen LogP contribution in [0, 0.1) is 0 Å². The van der Waals surface area contributed by atoms with Gasteiger partial charge in [-0.2, -0.15) is 4.57 Å². The van der Waals surface area contributed by atoms with Crippen LogP contribution in [0.5, 0.6) is 0 Å². The number of fused-ring (bicyclic) bond motifs is 1. The van der Waals surface area contributed by atoms with Gasteiger partial charge in [0.05, 0.1) is 0 Å². The van der Waals surface area contributed by atoms with Gasteiger partial charge in [0, 0.05) is 17.4 Å². The lowest BCUT2D eigenvalue weighted by Crippen LogP contribution is -2.68. The van der Waals surface area contributed by atoms with E-state index in [1.165, 1.54) is 16.7 Å². The largest absolute Gasteiger partial charge is 0.477 e. The number of carboxylic acids is 1. The molecule has 2 atom stereocenters. The monoisotopic (exact) mass is 326 g/mol. The number of aliphatic carboxylic acids is 1. The van der Waals surface area contributed by atoms with E-state index in [9.17, 15) is 14.7 Å². The van der Waals surface area contributed by atoms with Crippen LogP contribution in [0.4, 0.5) is 0 Å². The molecule has 3 heterocycles. The molecule has 1 aromatic heterocycles. The third kappa shape index (κ3) is 2.41. The van der Waals surface area contributed by atoms with E-state index in [0.29, 0.717) is 22.9 Å². The fourth-order valence-corrected chi connectivity index (χ4v) is 3.99. The van der Waals surface area contributed by atoms with E-state index in [2.05, 4.69) is 0 Å². The third-order valence-electron chi connectivity index (χ3n) is 3.49. The molecule has 3 rings (SSSR count). The lowest BCUT2D eigenvalue weighted by atomic mass is 10.0. The van der Waals surface area contributed by atoms with Gasteiger partial charge >= 0.3 is 5.97 Å². The number of carboxylic acid groups (broad SMARTS) is 1. The van der Waals surface area contributed by atoms with E-state index in [-0.39, 0.29) is 17.0 Å². The van der Waals surface area contributed by atoms with Crippen LogP contribution in [0.25, 0.3) is 0 Å². The number of rotatable bonds is 3. The maximum absolute atomic E-state index is 11.8. The summed E-state index contributed by atoms with van der Waals surface area (Å²) in [4.78, 5) is 24.6. The number of halogens is 1. The van der Waals surface area contributed by atoms with Crippen molar-refractivity contribution in [3.63, 3.8) is 0 Å². The molecule has 2 aliphatic rings. The van der Waals surface area contributed by atoms with Gasteiger partial charge < -0.3 is 10.8 Å². The number of hydrogen-bond donors (Lipinski definition) is 2. The van der Waals surface area contributed by atoms with Crippen molar-refractivity contribution in [2.24, 2.45) is 5.73 Å². The van der Waals surface area contributed by atoms with Crippen LogP contribution in [0.15, 0.2) is 35.8 Å². The molecule has 2 aliphatic heterocycles. The molecule has 1 amide bonds. The highest BCUT2D eigenvalue weighted by Gasteiger charge is 2.52. The fraction of sp³-hybridized carbons (Fsp3) is 0.308. The van der Waals surface area contributed by atoms with Crippen LogP contribution in [-0.4, -0.2) is 39.1 Å². The molecule has 1 unspecified atom stereocenters. The number of hydrogen-bond acceptors (Lipinski definition) is 4. The van der Waals surface area contributed by atoms with Gasteiger partial charge in [-0.05, 0) is 6.07 Å². The average molecular weight is 327 g/mol. The van der Waals surface area contributed by atoms with Crippen LogP contribution in [-0.2, 0) is 16.1 Å². The quantitative estimate of drug-likeness (QED) is 0.612. The van der Waals surface area contributed by atoms with E-state index in [4.69, 9.17) is 17.3 Å². The zero-order chi connectivity index (χ0) is 15.1. The maximum atomic E-state index is 11.8. The van der Waals surface area contributed by atoms with E-state index in [0.717, 1.165) is 0 Å². The maximum Gasteiger partial charge on any atom is 0.352 e. The van der Waals surface area contributed by atoms with Crippen molar-refractivity contribution >= 4 is 35.2 Å². The number of carbonyl (C=O) groups excluding carboxylic acids is 1. The standard InChI is InChI=1S/C13H12ClN3O3S/c14-8-2-1-3-16(5-8)4-7-6-21-12-9(15)11(18)17(12)10(7)13(19)20/h1-3,5,9,12H,4,6,15H2/p+1/t9?,12-/m0/s1. The molecule has 0 aromatic carbocycles. The SMILES string of the molecule is NC1C(=O)N2C(C(=O)O)=C(C[n+]3cccc(Cl)c3)CS[C@@H]12. The zero-order valence-corrected chi connectivity index (χ0v) is 12.5. The number of β-lactam (4-membered cyclic amide) rings is 1. The van der Waals surface area contributed by atoms with E-state index >= 15 is 0 Å². The van der Waals surface area contributed by atoms with Crippen molar-refractivity contribution in [2.75, 3.05) is 5.75 Å². The molecular weight excluding hydrogens is 314 g/mol. The van der Waals surface area contributed by atoms with E-state index in [1.807, 2.05) is 0 Å². The molecule has 1 fully saturated rings. The van der Waals surface area contributed by atoms with Gasteiger partial charge in [0.2, 0.25) is 5.91 Å². The molecule has 0 radical (unpaired) electrons. The second kappa shape index (κ2) is 5.32. The molecule has 6 nitrogen and oxygen atoms in total. The second-order valence-electron chi connectivity index (χ2n) is 4.89. The number of amides is 1. The fourth-order valence-electron chi connectivity index (χ4n) is 2.51. The van der Waals surface area contributed by atoms with Gasteiger partial charge in [0.15, 0.2) is 18.9 Å². The van der Waals surface area contributed by atoms with Gasteiger partial charge in [-0.15, -0.1) is 11.8 Å². The third-order valence-corrected chi connectivity index (χ3v) is 5.07. The Labute approximate surface area is 130 Å². The summed E-state index contributed by atoms with van der Waals surface area (Å²) >= 11 is 7.42. The van der Waals surface area contributed by atoms with Crippen LogP contribution >= 0.6 is 23.4 Å². The summed E-state index contributed by atoms with van der Waals surface area (Å²) in [5, 5.41) is 9.73. The first-order valence-electron chi connectivity index (χ1n) is 6.29. The van der Waals surface area contributed by atoms with Gasteiger partial charge in [-0.1, -0.05) is 11.6 Å². The Bertz CT molecular complexity index is 664. The predicted octanol–water partition coefficient (Wildman–Crippen LogP) is 0.209. The van der Waals surface area contributed by atoms with Crippen molar-refractivity contribution in [3.8, 4) is 0 Å². The Kier molecular flexibility index (Phi) is 3.64. The predicted molar refractivity (Wildman–Crippen MR) is 77.4 cm³/mol. The van der Waals surface area contributed by atoms with Gasteiger partial charge in [-0.3, -0.25) is 9.69 Å². The number of nitrogens with zero attached hydrogens (tertiary/aromatic N) is 2. The van der Waals surface area contributed by atoms with Crippen LogP contribution in [0.3, 0.4) is 0 Å². The minimum Gasteiger partial charge on any atom is -0.477 e. The first-order chi connectivity index (χ1) is 9.99. The Morgan fingerprint density at radius 3 is 3.05 bits per heavy atom. The Balaban J connectivity index is 1.95. The van der Waals surface area contributed by atoms with Gasteiger partial charge in [0.1, 0.15) is 22.1 Å². The first-order valence-corrected chi connectivity index (χ1v) is 7.72. The molecule has 0 saturated carbocycles. The topological polar surface area (TPSA) is 87.5 Å². The zero-order valence-electron chi connectivity index (χ0n) is 10.9. The van der Waals surface area contributed by atoms with Crippen molar-refractivity contribution in [1.82, 2.24) is 4.90 Å². The van der Waals surface area contributed by atoms with Crippen LogP contribution < -0.4 is 10.3 Å². The highest BCUT2D eigenvalue weighted by Crippen LogP contribution is 2.39. The highest BCUT2D eigenvalue weighted by molar-refractivity contribution is 8.00. The number of aromatic nitrogens is 1. The molecule has 110 valence electrons. The van der Waals surface area contributed by atoms with E-state index in [1.54, 1.807) is 29.1 Å². The number of thioether (sulfide) groups is 1. The van der Waals surface area contributed by atoms with Gasteiger partial charge in [0.25, 0.3) is 0 Å². The second-order valence-corrected chi connectivity index (χ2v) is 6.43. The number of nitrogens with two attached hydrogens (primary N) is 1. The van der Waals surface area contributed by atoms with Crippen molar-refractivity contribution in [3.05, 3.63) is 40.8 Å². The summed E-state index contributed by atoms with van der Waals surface area (Å²) in [5.74, 6) is -0.903. The molecule has 21 heavy (non-hydrogen) atoms. The molecule has 1 aromatic rings. The normalized spacial score (nSPS) is 24.7. The highest BCUT2D eigenvalue weighted by atomic mass is 35.5. The summed E-state index contributed by atoms with van der Waals surface area (Å²) in [6.45, 7) is 0.376. The van der Waals surface area contributed by atoms with Crippen molar-refractivity contribution < 1.29 is 19.3 Å². The Morgan fingerprint density at radius 1 is 1.62 bits per heavy atom. The lowest BCUT2D eigenvalue weighted by Gasteiger charge is -2.47. The molecule has 8 heteroatoms. The summed E-state index contributed by atoms with van der Waals surface area (Å²) in [6, 6.07) is 2.92. The molecule has 0 spiro atoms. The molecular formula is C13H13ClN3O3S+. The Hall–Kier alpha value is -1.57. The number of pyridine rings is 1.